The summed E-state index contributed by atoms with van der Waals surface area (Å²) in [5.41, 5.74) is 0. The minimum absolute atomic E-state index is 0.637. The van der Waals surface area contributed by atoms with Gasteiger partial charge in [0.25, 0.3) is 0 Å². The Hall–Kier alpha value is -0.690. The number of hydrogen-bond acceptors (Lipinski definition) is 6. The minimum atomic E-state index is -1.63. The van der Waals surface area contributed by atoms with Crippen LogP contribution in [0.25, 0.3) is 0 Å². The highest BCUT2D eigenvalue weighted by atomic mass is 16.6. The Bertz CT molecular complexity index is 181. The molecule has 0 saturated carbocycles. The Morgan fingerprint density at radius 2 is 2.08 bits per heavy atom. The highest BCUT2D eigenvalue weighted by Crippen LogP contribution is 2.18. The van der Waals surface area contributed by atoms with Crippen LogP contribution in [0.1, 0.15) is 0 Å². The summed E-state index contributed by atoms with van der Waals surface area (Å²) in [4.78, 5) is 10.6. The van der Waals surface area contributed by atoms with Gasteiger partial charge in [-0.15, -0.1) is 0 Å². The molecule has 1 unspecified atom stereocenters. The number of rotatable bonds is 2. The van der Waals surface area contributed by atoms with Crippen molar-refractivity contribution in [2.24, 2.45) is 0 Å². The van der Waals surface area contributed by atoms with Gasteiger partial charge in [-0.05, 0) is 0 Å². The van der Waals surface area contributed by atoms with Gasteiger partial charge in [-0.2, -0.15) is 0 Å². The first-order chi connectivity index (χ1) is 5.57. The van der Waals surface area contributed by atoms with E-state index in [2.05, 4.69) is 4.74 Å². The Balaban J connectivity index is 2.64. The van der Waals surface area contributed by atoms with Crippen LogP contribution in [0, 0.1) is 0 Å². The summed E-state index contributed by atoms with van der Waals surface area (Å²) >= 11 is 0. The van der Waals surface area contributed by atoms with Crippen LogP contribution in [0.3, 0.4) is 0 Å². The van der Waals surface area contributed by atoms with Crippen LogP contribution >= 0.6 is 0 Å². The molecule has 6 heteroatoms. The first-order valence-electron chi connectivity index (χ1n) is 3.43. The van der Waals surface area contributed by atoms with Crippen molar-refractivity contribution >= 4 is 5.97 Å². The van der Waals surface area contributed by atoms with Gasteiger partial charge in [0, 0.05) is 0 Å². The van der Waals surface area contributed by atoms with Gasteiger partial charge in [0.1, 0.15) is 12.2 Å². The second-order valence-corrected chi connectivity index (χ2v) is 2.59. The van der Waals surface area contributed by atoms with Gasteiger partial charge in [0.2, 0.25) is 0 Å². The SMILES string of the molecule is O=C1O[C@@H]([C@@H](O)CO)C(O)[C@@H]1O. The quantitative estimate of drug-likeness (QED) is 0.335. The maximum atomic E-state index is 10.6. The number of esters is 1. The van der Waals surface area contributed by atoms with Crippen LogP contribution in [-0.4, -0.2) is 57.4 Å². The highest BCUT2D eigenvalue weighted by Gasteiger charge is 2.45. The molecule has 4 atom stereocenters. The average molecular weight is 178 g/mol. The molecule has 4 N–H and O–H groups in total. The molecule has 1 heterocycles. The van der Waals surface area contributed by atoms with Gasteiger partial charge >= 0.3 is 5.97 Å². The van der Waals surface area contributed by atoms with Gasteiger partial charge in [-0.3, -0.25) is 0 Å². The Morgan fingerprint density at radius 3 is 2.42 bits per heavy atom. The molecule has 1 aliphatic heterocycles. The standard InChI is InChI=1S/C6H10O6/c7-1-2(8)5-3(9)4(10)6(11)12-5/h2-5,7-10H,1H2/t2-,3?,4-,5-/m0/s1. The van der Waals surface area contributed by atoms with Crippen LogP contribution < -0.4 is 0 Å². The van der Waals surface area contributed by atoms with E-state index in [0.29, 0.717) is 0 Å². The van der Waals surface area contributed by atoms with Gasteiger partial charge in [0.15, 0.2) is 12.2 Å². The normalized spacial score (nSPS) is 38.0. The number of hydrogen-bond donors (Lipinski definition) is 4. The zero-order valence-electron chi connectivity index (χ0n) is 6.12. The summed E-state index contributed by atoms with van der Waals surface area (Å²) in [6.07, 6.45) is -5.70. The third-order valence-electron chi connectivity index (χ3n) is 1.72. The van der Waals surface area contributed by atoms with E-state index in [0.717, 1.165) is 0 Å². The van der Waals surface area contributed by atoms with E-state index >= 15 is 0 Å². The van der Waals surface area contributed by atoms with Crippen molar-refractivity contribution in [1.82, 2.24) is 0 Å². The number of aliphatic hydroxyl groups is 4. The number of carbonyl (C=O) groups is 1. The lowest BCUT2D eigenvalue weighted by Crippen LogP contribution is -2.40. The summed E-state index contributed by atoms with van der Waals surface area (Å²) in [5.74, 6) is -0.986. The van der Waals surface area contributed by atoms with Gasteiger partial charge < -0.3 is 25.2 Å². The van der Waals surface area contributed by atoms with E-state index < -0.39 is 37.0 Å². The lowest BCUT2D eigenvalue weighted by molar-refractivity contribution is -0.151. The van der Waals surface area contributed by atoms with Crippen molar-refractivity contribution in [2.75, 3.05) is 6.61 Å². The summed E-state index contributed by atoms with van der Waals surface area (Å²) < 4.78 is 4.39. The molecule has 0 spiro atoms. The summed E-state index contributed by atoms with van der Waals surface area (Å²) in [6.45, 7) is -0.637. The van der Waals surface area contributed by atoms with Crippen molar-refractivity contribution in [3.63, 3.8) is 0 Å². The summed E-state index contributed by atoms with van der Waals surface area (Å²) in [5, 5.41) is 35.3. The van der Waals surface area contributed by atoms with Gasteiger partial charge in [0.05, 0.1) is 6.61 Å². The second-order valence-electron chi connectivity index (χ2n) is 2.59. The molecular formula is C6H10O6. The number of cyclic esters (lactones) is 1. The topological polar surface area (TPSA) is 107 Å². The molecular weight excluding hydrogens is 168 g/mol. The number of ether oxygens (including phenoxy) is 1. The highest BCUT2D eigenvalue weighted by molar-refractivity contribution is 5.77. The molecule has 1 fully saturated rings. The molecule has 0 aromatic carbocycles. The zero-order chi connectivity index (χ0) is 9.30. The third kappa shape index (κ3) is 1.42. The molecule has 6 nitrogen and oxygen atoms in total. The molecule has 0 radical (unpaired) electrons. The molecule has 1 rings (SSSR count). The average Bonchev–Trinajstić information content (AvgIpc) is 2.32. The molecule has 0 amide bonds. The maximum absolute atomic E-state index is 10.6. The first-order valence-corrected chi connectivity index (χ1v) is 3.43. The van der Waals surface area contributed by atoms with Crippen molar-refractivity contribution in [3.05, 3.63) is 0 Å². The maximum Gasteiger partial charge on any atom is 0.338 e. The van der Waals surface area contributed by atoms with Gasteiger partial charge in [-0.25, -0.2) is 4.79 Å². The minimum Gasteiger partial charge on any atom is -0.455 e. The van der Waals surface area contributed by atoms with E-state index in [1.165, 1.54) is 0 Å². The van der Waals surface area contributed by atoms with Crippen LogP contribution in [0.5, 0.6) is 0 Å². The lowest BCUT2D eigenvalue weighted by Gasteiger charge is -2.17. The first kappa shape index (κ1) is 9.40. The van der Waals surface area contributed by atoms with Crippen LogP contribution in [0.4, 0.5) is 0 Å². The fourth-order valence-electron chi connectivity index (χ4n) is 1.00. The van der Waals surface area contributed by atoms with Crippen molar-refractivity contribution in [3.8, 4) is 0 Å². The molecule has 0 aromatic heterocycles. The van der Waals surface area contributed by atoms with Crippen molar-refractivity contribution < 1.29 is 30.0 Å². The Kier molecular flexibility index (Phi) is 2.63. The monoisotopic (exact) mass is 178 g/mol. The summed E-state index contributed by atoms with van der Waals surface area (Å²) in [6, 6.07) is 0. The number of carbonyl (C=O) groups excluding carboxylic acids is 1. The predicted octanol–water partition coefficient (Wildman–Crippen LogP) is -3.01. The fourth-order valence-corrected chi connectivity index (χ4v) is 1.00. The van der Waals surface area contributed by atoms with E-state index in [1.807, 2.05) is 0 Å². The zero-order valence-corrected chi connectivity index (χ0v) is 6.12. The van der Waals surface area contributed by atoms with E-state index in [1.54, 1.807) is 0 Å². The molecule has 1 aliphatic rings. The van der Waals surface area contributed by atoms with E-state index in [4.69, 9.17) is 20.4 Å². The van der Waals surface area contributed by atoms with Crippen LogP contribution in [-0.2, 0) is 9.53 Å². The third-order valence-corrected chi connectivity index (χ3v) is 1.72. The van der Waals surface area contributed by atoms with E-state index in [-0.39, 0.29) is 0 Å². The predicted molar refractivity (Wildman–Crippen MR) is 35.0 cm³/mol. The lowest BCUT2D eigenvalue weighted by atomic mass is 10.1. The molecule has 1 saturated heterocycles. The van der Waals surface area contributed by atoms with E-state index in [9.17, 15) is 4.79 Å². The molecule has 12 heavy (non-hydrogen) atoms. The number of aliphatic hydroxyl groups excluding tert-OH is 4. The molecule has 0 aliphatic carbocycles. The van der Waals surface area contributed by atoms with Gasteiger partial charge in [-0.1, -0.05) is 0 Å². The Labute approximate surface area is 68.0 Å². The largest absolute Gasteiger partial charge is 0.455 e. The van der Waals surface area contributed by atoms with Crippen molar-refractivity contribution in [2.45, 2.75) is 24.4 Å². The fraction of sp³-hybridized carbons (Fsp3) is 0.833. The molecule has 70 valence electrons. The molecule has 0 bridgehead atoms. The van der Waals surface area contributed by atoms with Crippen LogP contribution in [0.15, 0.2) is 0 Å². The van der Waals surface area contributed by atoms with Crippen molar-refractivity contribution in [1.29, 1.82) is 0 Å². The van der Waals surface area contributed by atoms with Crippen LogP contribution in [0.2, 0.25) is 0 Å². The second kappa shape index (κ2) is 3.36. The summed E-state index contributed by atoms with van der Waals surface area (Å²) in [7, 11) is 0. The Morgan fingerprint density at radius 1 is 1.50 bits per heavy atom. The molecule has 0 aromatic rings. The smallest absolute Gasteiger partial charge is 0.338 e.